The Morgan fingerprint density at radius 2 is 1.74 bits per heavy atom. The third-order valence-corrected chi connectivity index (χ3v) is 5.70. The summed E-state index contributed by atoms with van der Waals surface area (Å²) in [7, 11) is 0. The number of rotatable bonds is 8. The Morgan fingerprint density at radius 1 is 1.00 bits per heavy atom. The fourth-order valence-corrected chi connectivity index (χ4v) is 3.93. The Kier molecular flexibility index (Phi) is 6.68. The predicted molar refractivity (Wildman–Crippen MR) is 126 cm³/mol. The molecular formula is C26H26ClN3O. The Bertz CT molecular complexity index is 1150. The standard InChI is InChI=1S/C26H26ClN3O/c1-19(10-11-20-7-3-2-4-8-20)28-25(31)17-16-23-26(21-12-14-22(27)15-13-21)29-24-9-5-6-18-30(23)24/h2-9,12-15,18-19H,10-11,16-17H2,1H3,(H,28,31)/t19-/m0/s1. The molecule has 0 spiro atoms. The zero-order chi connectivity index (χ0) is 21.6. The van der Waals surface area contributed by atoms with Crippen LogP contribution in [0, 0.1) is 0 Å². The monoisotopic (exact) mass is 431 g/mol. The van der Waals surface area contributed by atoms with Gasteiger partial charge in [-0.15, -0.1) is 0 Å². The van der Waals surface area contributed by atoms with Gasteiger partial charge in [-0.25, -0.2) is 4.98 Å². The van der Waals surface area contributed by atoms with Crippen LogP contribution in [-0.4, -0.2) is 21.3 Å². The van der Waals surface area contributed by atoms with Crippen LogP contribution in [-0.2, 0) is 17.6 Å². The van der Waals surface area contributed by atoms with Crippen LogP contribution in [0.15, 0.2) is 79.0 Å². The number of carbonyl (C=O) groups is 1. The summed E-state index contributed by atoms with van der Waals surface area (Å²) in [5, 5.41) is 3.83. The van der Waals surface area contributed by atoms with Gasteiger partial charge < -0.3 is 9.72 Å². The number of aromatic nitrogens is 2. The van der Waals surface area contributed by atoms with E-state index in [0.717, 1.165) is 35.4 Å². The van der Waals surface area contributed by atoms with Gasteiger partial charge in [0.1, 0.15) is 5.65 Å². The zero-order valence-corrected chi connectivity index (χ0v) is 18.3. The van der Waals surface area contributed by atoms with E-state index in [1.54, 1.807) is 0 Å². The second kappa shape index (κ2) is 9.80. The first-order valence-corrected chi connectivity index (χ1v) is 11.0. The van der Waals surface area contributed by atoms with Crippen molar-refractivity contribution < 1.29 is 4.79 Å². The third kappa shape index (κ3) is 5.33. The van der Waals surface area contributed by atoms with Crippen molar-refractivity contribution in [2.24, 2.45) is 0 Å². The van der Waals surface area contributed by atoms with Crippen molar-refractivity contribution in [3.05, 3.63) is 95.3 Å². The van der Waals surface area contributed by atoms with E-state index in [2.05, 4.69) is 28.8 Å². The number of halogens is 1. The molecule has 2 aromatic carbocycles. The topological polar surface area (TPSA) is 46.4 Å². The Balaban J connectivity index is 1.42. The summed E-state index contributed by atoms with van der Waals surface area (Å²) in [6.07, 6.45) is 4.90. The van der Waals surface area contributed by atoms with Crippen LogP contribution >= 0.6 is 11.6 Å². The Labute approximate surface area is 187 Å². The predicted octanol–water partition coefficient (Wildman–Crippen LogP) is 5.72. The quantitative estimate of drug-likeness (QED) is 0.387. The van der Waals surface area contributed by atoms with Gasteiger partial charge in [-0.2, -0.15) is 0 Å². The van der Waals surface area contributed by atoms with E-state index in [-0.39, 0.29) is 11.9 Å². The van der Waals surface area contributed by atoms with Gasteiger partial charge in [0, 0.05) is 29.2 Å². The van der Waals surface area contributed by atoms with Crippen molar-refractivity contribution in [3.8, 4) is 11.3 Å². The fraction of sp³-hybridized carbons (Fsp3) is 0.231. The van der Waals surface area contributed by atoms with Crippen LogP contribution in [0.2, 0.25) is 5.02 Å². The number of benzene rings is 2. The summed E-state index contributed by atoms with van der Waals surface area (Å²) in [6.45, 7) is 2.06. The molecule has 2 heterocycles. The first kappa shape index (κ1) is 21.1. The lowest BCUT2D eigenvalue weighted by atomic mass is 10.1. The molecule has 0 unspecified atom stereocenters. The molecule has 31 heavy (non-hydrogen) atoms. The summed E-state index contributed by atoms with van der Waals surface area (Å²) in [5.74, 6) is 0.0634. The van der Waals surface area contributed by atoms with Crippen LogP contribution in [0.3, 0.4) is 0 Å². The van der Waals surface area contributed by atoms with E-state index < -0.39 is 0 Å². The maximum atomic E-state index is 12.6. The average Bonchev–Trinajstić information content (AvgIpc) is 3.16. The molecule has 0 radical (unpaired) electrons. The van der Waals surface area contributed by atoms with Gasteiger partial charge >= 0.3 is 0 Å². The molecule has 1 N–H and O–H groups in total. The van der Waals surface area contributed by atoms with E-state index in [9.17, 15) is 4.79 Å². The Morgan fingerprint density at radius 3 is 2.52 bits per heavy atom. The molecule has 0 fully saturated rings. The minimum atomic E-state index is 0.0634. The highest BCUT2D eigenvalue weighted by molar-refractivity contribution is 6.30. The Hall–Kier alpha value is -3.11. The van der Waals surface area contributed by atoms with Crippen molar-refractivity contribution in [1.29, 1.82) is 0 Å². The van der Waals surface area contributed by atoms with Crippen LogP contribution in [0.25, 0.3) is 16.9 Å². The number of hydrogen-bond donors (Lipinski definition) is 1. The normalized spacial score (nSPS) is 12.1. The van der Waals surface area contributed by atoms with Gasteiger partial charge in [0.15, 0.2) is 0 Å². The summed E-state index contributed by atoms with van der Waals surface area (Å²) in [5.41, 5.74) is 5.10. The lowest BCUT2D eigenvalue weighted by Gasteiger charge is -2.14. The van der Waals surface area contributed by atoms with Crippen LogP contribution < -0.4 is 5.32 Å². The molecule has 158 valence electrons. The third-order valence-electron chi connectivity index (χ3n) is 5.45. The molecule has 4 aromatic rings. The SMILES string of the molecule is C[C@@H](CCc1ccccc1)NC(=O)CCc1c(-c2ccc(Cl)cc2)nc2ccccn12. The highest BCUT2D eigenvalue weighted by Gasteiger charge is 2.16. The van der Waals surface area contributed by atoms with Crippen molar-refractivity contribution in [1.82, 2.24) is 14.7 Å². The number of imidazole rings is 1. The second-order valence-corrected chi connectivity index (χ2v) is 8.27. The minimum Gasteiger partial charge on any atom is -0.354 e. The summed E-state index contributed by atoms with van der Waals surface area (Å²) >= 11 is 6.05. The molecule has 4 rings (SSSR count). The van der Waals surface area contributed by atoms with Gasteiger partial charge in [0.05, 0.1) is 11.4 Å². The molecule has 0 saturated carbocycles. The van der Waals surface area contributed by atoms with Crippen molar-refractivity contribution in [3.63, 3.8) is 0 Å². The van der Waals surface area contributed by atoms with Crippen LogP contribution in [0.5, 0.6) is 0 Å². The zero-order valence-electron chi connectivity index (χ0n) is 17.6. The van der Waals surface area contributed by atoms with Gasteiger partial charge in [-0.1, -0.05) is 60.1 Å². The molecule has 0 aliphatic carbocycles. The van der Waals surface area contributed by atoms with E-state index in [1.165, 1.54) is 5.56 Å². The molecule has 1 atom stereocenters. The molecule has 1 amide bonds. The fourth-order valence-electron chi connectivity index (χ4n) is 3.80. The molecule has 2 aromatic heterocycles. The molecule has 0 aliphatic rings. The largest absolute Gasteiger partial charge is 0.354 e. The van der Waals surface area contributed by atoms with Gasteiger partial charge in [-0.3, -0.25) is 4.79 Å². The van der Waals surface area contributed by atoms with Crippen molar-refractivity contribution in [2.75, 3.05) is 0 Å². The molecule has 4 nitrogen and oxygen atoms in total. The summed E-state index contributed by atoms with van der Waals surface area (Å²) in [4.78, 5) is 17.4. The van der Waals surface area contributed by atoms with E-state index in [1.807, 2.05) is 66.9 Å². The number of pyridine rings is 1. The molecule has 0 aliphatic heterocycles. The second-order valence-electron chi connectivity index (χ2n) is 7.84. The summed E-state index contributed by atoms with van der Waals surface area (Å²) < 4.78 is 2.07. The number of carbonyl (C=O) groups excluding carboxylic acids is 1. The maximum absolute atomic E-state index is 12.6. The molecule has 0 bridgehead atoms. The van der Waals surface area contributed by atoms with E-state index in [0.29, 0.717) is 17.9 Å². The maximum Gasteiger partial charge on any atom is 0.220 e. The number of amides is 1. The first-order valence-electron chi connectivity index (χ1n) is 10.7. The number of nitrogens with one attached hydrogen (secondary N) is 1. The number of hydrogen-bond acceptors (Lipinski definition) is 2. The van der Waals surface area contributed by atoms with E-state index >= 15 is 0 Å². The molecule has 5 heteroatoms. The van der Waals surface area contributed by atoms with Gasteiger partial charge in [0.2, 0.25) is 5.91 Å². The van der Waals surface area contributed by atoms with Gasteiger partial charge in [0.25, 0.3) is 0 Å². The molecular weight excluding hydrogens is 406 g/mol. The minimum absolute atomic E-state index is 0.0634. The smallest absolute Gasteiger partial charge is 0.220 e. The highest BCUT2D eigenvalue weighted by Crippen LogP contribution is 2.26. The number of fused-ring (bicyclic) bond motifs is 1. The highest BCUT2D eigenvalue weighted by atomic mass is 35.5. The average molecular weight is 432 g/mol. The number of nitrogens with zero attached hydrogens (tertiary/aromatic N) is 2. The van der Waals surface area contributed by atoms with E-state index in [4.69, 9.17) is 16.6 Å². The van der Waals surface area contributed by atoms with Crippen molar-refractivity contribution >= 4 is 23.2 Å². The van der Waals surface area contributed by atoms with Crippen LogP contribution in [0.1, 0.15) is 31.0 Å². The first-order chi connectivity index (χ1) is 15.1. The lowest BCUT2D eigenvalue weighted by molar-refractivity contribution is -0.121. The number of aryl methyl sites for hydroxylation is 2. The lowest BCUT2D eigenvalue weighted by Crippen LogP contribution is -2.33. The van der Waals surface area contributed by atoms with Crippen molar-refractivity contribution in [2.45, 2.75) is 38.6 Å². The molecule has 0 saturated heterocycles. The summed E-state index contributed by atoms with van der Waals surface area (Å²) in [6, 6.07) is 24.1. The van der Waals surface area contributed by atoms with Crippen LogP contribution in [0.4, 0.5) is 0 Å². The van der Waals surface area contributed by atoms with Gasteiger partial charge in [-0.05, 0) is 56.0 Å².